The Bertz CT molecular complexity index is 1340. The number of aryl methyl sites for hydroxylation is 2. The molecule has 1 unspecified atom stereocenters. The average molecular weight is 544 g/mol. The molecule has 1 aliphatic carbocycles. The van der Waals surface area contributed by atoms with Gasteiger partial charge in [0, 0.05) is 47.8 Å². The predicted molar refractivity (Wildman–Crippen MR) is 144 cm³/mol. The van der Waals surface area contributed by atoms with Gasteiger partial charge in [-0.2, -0.15) is 0 Å². The topological polar surface area (TPSA) is 119 Å². The molecule has 1 fully saturated rings. The number of ether oxygens (including phenoxy) is 3. The quantitative estimate of drug-likeness (QED) is 0.492. The number of aromatic amines is 1. The lowest BCUT2D eigenvalue weighted by Crippen LogP contribution is -2.48. The largest absolute Gasteiger partial charge is 0.448 e. The molecule has 1 aliphatic heterocycles. The van der Waals surface area contributed by atoms with Crippen LogP contribution in [0.1, 0.15) is 86.1 Å². The van der Waals surface area contributed by atoms with Crippen LogP contribution in [0.25, 0.3) is 0 Å². The molecular weight excluding hydrogens is 505 g/mol. The van der Waals surface area contributed by atoms with E-state index in [4.69, 9.17) is 14.2 Å². The van der Waals surface area contributed by atoms with Crippen molar-refractivity contribution in [1.29, 1.82) is 0 Å². The zero-order chi connectivity index (χ0) is 28.7. The standard InChI is InChI=1S/C29H38FN3O6/c1-15-12-16(2)32-26(35)21(15)14-31-25(34)20-13-22(30)24-23(17(20)3)37-29(7,38-24)18-8-10-19(11-9-18)33-27(36)39-28(4,5)6/h12-13,18-19H,8-11,14H2,1-7H3,(H,31,34)(H,32,35)(H,33,36). The Morgan fingerprint density at radius 1 is 1.10 bits per heavy atom. The number of fused-ring (bicyclic) bond motifs is 1. The number of halogens is 1. The van der Waals surface area contributed by atoms with E-state index in [2.05, 4.69) is 15.6 Å². The molecular formula is C29H38FN3O6. The van der Waals surface area contributed by atoms with E-state index in [0.717, 1.165) is 17.3 Å². The van der Waals surface area contributed by atoms with Gasteiger partial charge in [-0.15, -0.1) is 0 Å². The molecule has 0 radical (unpaired) electrons. The predicted octanol–water partition coefficient (Wildman–Crippen LogP) is 4.94. The normalized spacial score (nSPS) is 22.4. The molecule has 0 spiro atoms. The second kappa shape index (κ2) is 10.5. The summed E-state index contributed by atoms with van der Waals surface area (Å²) < 4.78 is 32.8. The van der Waals surface area contributed by atoms with Crippen LogP contribution in [-0.2, 0) is 11.3 Å². The van der Waals surface area contributed by atoms with Gasteiger partial charge in [0.1, 0.15) is 5.60 Å². The average Bonchev–Trinajstić information content (AvgIpc) is 3.19. The van der Waals surface area contributed by atoms with Gasteiger partial charge in [-0.05, 0) is 84.9 Å². The molecule has 2 aromatic rings. The number of hydrogen-bond acceptors (Lipinski definition) is 6. The summed E-state index contributed by atoms with van der Waals surface area (Å²) in [6.45, 7) is 12.5. The van der Waals surface area contributed by atoms with E-state index in [-0.39, 0.29) is 41.1 Å². The van der Waals surface area contributed by atoms with E-state index < -0.39 is 29.2 Å². The Morgan fingerprint density at radius 3 is 2.36 bits per heavy atom. The highest BCUT2D eigenvalue weighted by Crippen LogP contribution is 2.49. The van der Waals surface area contributed by atoms with Crippen molar-refractivity contribution in [3.63, 3.8) is 0 Å². The summed E-state index contributed by atoms with van der Waals surface area (Å²) in [7, 11) is 0. The fraction of sp³-hybridized carbons (Fsp3) is 0.552. The number of hydrogen-bond donors (Lipinski definition) is 3. The van der Waals surface area contributed by atoms with E-state index >= 15 is 4.39 Å². The lowest BCUT2D eigenvalue weighted by atomic mass is 9.81. The van der Waals surface area contributed by atoms with Crippen LogP contribution in [-0.4, -0.2) is 34.4 Å². The van der Waals surface area contributed by atoms with Crippen LogP contribution in [0.2, 0.25) is 0 Å². The fourth-order valence-electron chi connectivity index (χ4n) is 5.35. The number of pyridine rings is 1. The molecule has 39 heavy (non-hydrogen) atoms. The Morgan fingerprint density at radius 2 is 1.74 bits per heavy atom. The first-order chi connectivity index (χ1) is 18.2. The summed E-state index contributed by atoms with van der Waals surface area (Å²) in [6, 6.07) is 2.95. The van der Waals surface area contributed by atoms with Crippen LogP contribution in [0.15, 0.2) is 16.9 Å². The first-order valence-corrected chi connectivity index (χ1v) is 13.3. The molecule has 9 nitrogen and oxygen atoms in total. The minimum Gasteiger partial charge on any atom is -0.448 e. The van der Waals surface area contributed by atoms with Crippen molar-refractivity contribution in [2.45, 2.75) is 98.1 Å². The van der Waals surface area contributed by atoms with Crippen molar-refractivity contribution < 1.29 is 28.2 Å². The van der Waals surface area contributed by atoms with Crippen molar-refractivity contribution >= 4 is 12.0 Å². The minimum atomic E-state index is -1.10. The summed E-state index contributed by atoms with van der Waals surface area (Å²) in [5.41, 5.74) is 1.67. The van der Waals surface area contributed by atoms with E-state index in [1.807, 2.05) is 26.8 Å². The maximum atomic E-state index is 15.2. The van der Waals surface area contributed by atoms with Crippen LogP contribution in [0, 0.1) is 32.5 Å². The van der Waals surface area contributed by atoms with Gasteiger partial charge in [0.25, 0.3) is 17.3 Å². The number of alkyl carbamates (subject to hydrolysis) is 1. The molecule has 1 aromatic carbocycles. The fourth-order valence-corrected chi connectivity index (χ4v) is 5.35. The molecule has 10 heteroatoms. The third-order valence-corrected chi connectivity index (χ3v) is 7.40. The zero-order valence-electron chi connectivity index (χ0n) is 23.7. The summed E-state index contributed by atoms with van der Waals surface area (Å²) in [5, 5.41) is 5.65. The van der Waals surface area contributed by atoms with Gasteiger partial charge >= 0.3 is 6.09 Å². The third kappa shape index (κ3) is 6.20. The summed E-state index contributed by atoms with van der Waals surface area (Å²) >= 11 is 0. The molecule has 0 saturated heterocycles. The first kappa shape index (κ1) is 28.4. The van der Waals surface area contributed by atoms with Gasteiger partial charge in [0.15, 0.2) is 11.6 Å². The second-order valence-corrected chi connectivity index (χ2v) is 11.7. The number of H-pyrrole nitrogens is 1. The highest BCUT2D eigenvalue weighted by Gasteiger charge is 2.48. The highest BCUT2D eigenvalue weighted by atomic mass is 19.1. The lowest BCUT2D eigenvalue weighted by molar-refractivity contribution is -0.122. The van der Waals surface area contributed by atoms with Crippen molar-refractivity contribution in [3.05, 3.63) is 56.3 Å². The van der Waals surface area contributed by atoms with Crippen molar-refractivity contribution in [2.24, 2.45) is 5.92 Å². The number of carbonyl (C=O) groups excluding carboxylic acids is 2. The Hall–Kier alpha value is -3.56. The van der Waals surface area contributed by atoms with E-state index in [0.29, 0.717) is 36.8 Å². The molecule has 3 N–H and O–H groups in total. The van der Waals surface area contributed by atoms with Crippen molar-refractivity contribution in [3.8, 4) is 11.5 Å². The molecule has 2 heterocycles. The third-order valence-electron chi connectivity index (χ3n) is 7.40. The Balaban J connectivity index is 1.42. The number of aromatic nitrogens is 1. The van der Waals surface area contributed by atoms with Crippen LogP contribution in [0.4, 0.5) is 9.18 Å². The lowest BCUT2D eigenvalue weighted by Gasteiger charge is -2.37. The van der Waals surface area contributed by atoms with E-state index in [1.54, 1.807) is 27.7 Å². The second-order valence-electron chi connectivity index (χ2n) is 11.7. The number of carbonyl (C=O) groups is 2. The first-order valence-electron chi connectivity index (χ1n) is 13.3. The van der Waals surface area contributed by atoms with Gasteiger partial charge in [-0.1, -0.05) is 0 Å². The van der Waals surface area contributed by atoms with Gasteiger partial charge in [0.05, 0.1) is 0 Å². The van der Waals surface area contributed by atoms with Crippen molar-refractivity contribution in [2.75, 3.05) is 0 Å². The number of amides is 2. The SMILES string of the molecule is Cc1cc(C)c(CNC(=O)c2cc(F)c3c(c2C)OC(C)(C2CCC(NC(=O)OC(C)(C)C)CC2)O3)c(=O)[nH]1. The molecule has 0 bridgehead atoms. The van der Waals surface area contributed by atoms with Crippen molar-refractivity contribution in [1.82, 2.24) is 15.6 Å². The maximum absolute atomic E-state index is 15.2. The molecule has 1 saturated carbocycles. The van der Waals surface area contributed by atoms with Gasteiger partial charge < -0.3 is 29.8 Å². The highest BCUT2D eigenvalue weighted by molar-refractivity contribution is 5.96. The zero-order valence-corrected chi connectivity index (χ0v) is 23.7. The van der Waals surface area contributed by atoms with Gasteiger partial charge in [0.2, 0.25) is 5.75 Å². The van der Waals surface area contributed by atoms with Crippen LogP contribution in [0.5, 0.6) is 11.5 Å². The van der Waals surface area contributed by atoms with Crippen LogP contribution >= 0.6 is 0 Å². The Labute approximate surface area is 227 Å². The molecule has 1 aromatic heterocycles. The summed E-state index contributed by atoms with van der Waals surface area (Å²) in [5.74, 6) is -2.15. The van der Waals surface area contributed by atoms with Gasteiger partial charge in [-0.25, -0.2) is 9.18 Å². The van der Waals surface area contributed by atoms with E-state index in [9.17, 15) is 14.4 Å². The summed E-state index contributed by atoms with van der Waals surface area (Å²) in [6.07, 6.45) is 2.36. The monoisotopic (exact) mass is 543 g/mol. The smallest absolute Gasteiger partial charge is 0.407 e. The molecule has 4 rings (SSSR count). The minimum absolute atomic E-state index is 0.00798. The number of rotatable bonds is 5. The van der Waals surface area contributed by atoms with E-state index in [1.165, 1.54) is 0 Å². The molecule has 1 atom stereocenters. The van der Waals surface area contributed by atoms with Crippen LogP contribution in [0.3, 0.4) is 0 Å². The maximum Gasteiger partial charge on any atom is 0.407 e. The molecule has 212 valence electrons. The van der Waals surface area contributed by atoms with Gasteiger partial charge in [-0.3, -0.25) is 9.59 Å². The Kier molecular flexibility index (Phi) is 7.69. The number of benzene rings is 1. The molecule has 2 amide bonds. The van der Waals surface area contributed by atoms with Crippen LogP contribution < -0.4 is 25.7 Å². The molecule has 2 aliphatic rings. The summed E-state index contributed by atoms with van der Waals surface area (Å²) in [4.78, 5) is 40.2. The number of nitrogens with one attached hydrogen (secondary N) is 3.